The van der Waals surface area contributed by atoms with E-state index in [4.69, 9.17) is 14.6 Å². The molecule has 1 aliphatic rings. The summed E-state index contributed by atoms with van der Waals surface area (Å²) in [4.78, 5) is 39.0. The minimum atomic E-state index is -1.06. The number of rotatable bonds is 12. The van der Waals surface area contributed by atoms with Crippen LogP contribution in [0.3, 0.4) is 0 Å². The number of ether oxygens (including phenoxy) is 2. The Morgan fingerprint density at radius 1 is 0.923 bits per heavy atom. The van der Waals surface area contributed by atoms with Crippen LogP contribution in [0.2, 0.25) is 0 Å². The Hall–Kier alpha value is -4.17. The molecular formula is C31H34N2O6. The van der Waals surface area contributed by atoms with Gasteiger partial charge in [-0.3, -0.25) is 9.59 Å². The first-order valence-electron chi connectivity index (χ1n) is 13.2. The van der Waals surface area contributed by atoms with Gasteiger partial charge in [0.25, 0.3) is 0 Å². The van der Waals surface area contributed by atoms with Crippen molar-refractivity contribution in [1.82, 2.24) is 10.2 Å². The molecule has 0 aromatic heterocycles. The standard InChI is InChI=1S/C31H34N2O6/c1-3-33(18-17-28(34)35)30(36)29(21(2)38-19-22-11-5-4-6-12-22)32-31(37)39-20-27-25-15-9-7-13-23(25)24-14-8-10-16-26(24)27/h4-16,21,27,29H,3,17-20H2,1-2H3,(H,32,37)(H,34,35). The second-order valence-electron chi connectivity index (χ2n) is 9.51. The zero-order valence-electron chi connectivity index (χ0n) is 22.2. The number of benzene rings is 3. The van der Waals surface area contributed by atoms with Gasteiger partial charge in [-0.05, 0) is 41.7 Å². The fraction of sp³-hybridized carbons (Fsp3) is 0.323. The Labute approximate surface area is 228 Å². The summed E-state index contributed by atoms with van der Waals surface area (Å²) >= 11 is 0. The van der Waals surface area contributed by atoms with Crippen LogP contribution in [-0.4, -0.2) is 59.8 Å². The number of nitrogens with zero attached hydrogens (tertiary/aromatic N) is 1. The van der Waals surface area contributed by atoms with Gasteiger partial charge in [-0.25, -0.2) is 4.79 Å². The van der Waals surface area contributed by atoms with Gasteiger partial charge < -0.3 is 24.8 Å². The maximum Gasteiger partial charge on any atom is 0.407 e. The Bertz CT molecular complexity index is 1250. The Kier molecular flexibility index (Phi) is 9.33. The van der Waals surface area contributed by atoms with Gasteiger partial charge in [0.15, 0.2) is 0 Å². The summed E-state index contributed by atoms with van der Waals surface area (Å²) in [5, 5.41) is 11.8. The minimum absolute atomic E-state index is 0.0267. The second kappa shape index (κ2) is 13.1. The maximum absolute atomic E-state index is 13.4. The summed E-state index contributed by atoms with van der Waals surface area (Å²) in [6.07, 6.45) is -1.63. The fourth-order valence-electron chi connectivity index (χ4n) is 4.90. The molecule has 39 heavy (non-hydrogen) atoms. The molecular weight excluding hydrogens is 496 g/mol. The molecule has 3 aromatic rings. The third-order valence-corrected chi connectivity index (χ3v) is 7.00. The first-order chi connectivity index (χ1) is 18.9. The number of likely N-dealkylation sites (N-methyl/N-ethyl adjacent to an activating group) is 1. The lowest BCUT2D eigenvalue weighted by molar-refractivity contribution is -0.140. The number of carbonyl (C=O) groups excluding carboxylic acids is 2. The molecule has 0 spiro atoms. The van der Waals surface area contributed by atoms with Crippen LogP contribution in [0.5, 0.6) is 0 Å². The molecule has 0 radical (unpaired) electrons. The average Bonchev–Trinajstić information content (AvgIpc) is 3.27. The highest BCUT2D eigenvalue weighted by atomic mass is 16.5. The summed E-state index contributed by atoms with van der Waals surface area (Å²) in [6, 6.07) is 24.6. The van der Waals surface area contributed by atoms with Crippen molar-refractivity contribution in [2.45, 2.75) is 44.9 Å². The molecule has 0 saturated carbocycles. The van der Waals surface area contributed by atoms with Crippen molar-refractivity contribution in [1.29, 1.82) is 0 Å². The van der Waals surface area contributed by atoms with E-state index in [0.29, 0.717) is 6.54 Å². The molecule has 2 amide bonds. The quantitative estimate of drug-likeness (QED) is 0.348. The van der Waals surface area contributed by atoms with Crippen molar-refractivity contribution >= 4 is 18.0 Å². The van der Waals surface area contributed by atoms with Crippen molar-refractivity contribution in [3.05, 3.63) is 95.6 Å². The first kappa shape index (κ1) is 27.9. The third-order valence-electron chi connectivity index (χ3n) is 7.00. The highest BCUT2D eigenvalue weighted by Gasteiger charge is 2.33. The van der Waals surface area contributed by atoms with Gasteiger partial charge in [-0.1, -0.05) is 78.9 Å². The number of fused-ring (bicyclic) bond motifs is 3. The van der Waals surface area contributed by atoms with Gasteiger partial charge in [0.05, 0.1) is 19.1 Å². The predicted molar refractivity (Wildman–Crippen MR) is 147 cm³/mol. The van der Waals surface area contributed by atoms with E-state index in [0.717, 1.165) is 27.8 Å². The molecule has 0 aliphatic heterocycles. The van der Waals surface area contributed by atoms with E-state index >= 15 is 0 Å². The van der Waals surface area contributed by atoms with Gasteiger partial charge in [0.1, 0.15) is 12.6 Å². The molecule has 2 N–H and O–H groups in total. The average molecular weight is 531 g/mol. The van der Waals surface area contributed by atoms with E-state index in [-0.39, 0.29) is 32.1 Å². The Balaban J connectivity index is 1.46. The summed E-state index contributed by atoms with van der Waals surface area (Å²) in [6.45, 7) is 4.15. The van der Waals surface area contributed by atoms with Crippen LogP contribution in [-0.2, 0) is 25.7 Å². The van der Waals surface area contributed by atoms with Gasteiger partial charge in [0.2, 0.25) is 5.91 Å². The largest absolute Gasteiger partial charge is 0.481 e. The number of aliphatic carboxylic acids is 1. The minimum Gasteiger partial charge on any atom is -0.481 e. The van der Waals surface area contributed by atoms with E-state index < -0.39 is 30.1 Å². The van der Waals surface area contributed by atoms with Crippen LogP contribution >= 0.6 is 0 Å². The van der Waals surface area contributed by atoms with E-state index in [1.165, 1.54) is 4.90 Å². The van der Waals surface area contributed by atoms with Gasteiger partial charge in [-0.15, -0.1) is 0 Å². The molecule has 2 unspecified atom stereocenters. The van der Waals surface area contributed by atoms with Gasteiger partial charge in [0, 0.05) is 19.0 Å². The summed E-state index contributed by atoms with van der Waals surface area (Å²) in [5.74, 6) is -1.55. The molecule has 204 valence electrons. The maximum atomic E-state index is 13.4. The summed E-state index contributed by atoms with van der Waals surface area (Å²) in [7, 11) is 0. The van der Waals surface area contributed by atoms with Crippen molar-refractivity contribution in [2.24, 2.45) is 0 Å². The molecule has 0 fully saturated rings. The number of hydrogen-bond acceptors (Lipinski definition) is 5. The summed E-state index contributed by atoms with van der Waals surface area (Å²) < 4.78 is 11.6. The monoisotopic (exact) mass is 530 g/mol. The number of hydrogen-bond donors (Lipinski definition) is 2. The molecule has 3 aromatic carbocycles. The molecule has 0 saturated heterocycles. The molecule has 4 rings (SSSR count). The number of amides is 2. The lowest BCUT2D eigenvalue weighted by Crippen LogP contribution is -2.54. The van der Waals surface area contributed by atoms with Crippen molar-refractivity contribution in [2.75, 3.05) is 19.7 Å². The van der Waals surface area contributed by atoms with Crippen LogP contribution < -0.4 is 5.32 Å². The summed E-state index contributed by atoms with van der Waals surface area (Å²) in [5.41, 5.74) is 5.34. The molecule has 1 aliphatic carbocycles. The van der Waals surface area contributed by atoms with E-state index in [9.17, 15) is 14.4 Å². The zero-order valence-corrected chi connectivity index (χ0v) is 22.2. The van der Waals surface area contributed by atoms with Gasteiger partial charge in [-0.2, -0.15) is 0 Å². The SMILES string of the molecule is CCN(CCC(=O)O)C(=O)C(NC(=O)OCC1c2ccccc2-c2ccccc21)C(C)OCc1ccccc1. The van der Waals surface area contributed by atoms with Crippen LogP contribution in [0.4, 0.5) is 4.79 Å². The predicted octanol–water partition coefficient (Wildman–Crippen LogP) is 4.82. The van der Waals surface area contributed by atoms with Gasteiger partial charge >= 0.3 is 12.1 Å². The number of alkyl carbamates (subject to hydrolysis) is 1. The lowest BCUT2D eigenvalue weighted by Gasteiger charge is -2.30. The van der Waals surface area contributed by atoms with E-state index in [1.54, 1.807) is 13.8 Å². The third kappa shape index (κ3) is 6.83. The Morgan fingerprint density at radius 3 is 2.10 bits per heavy atom. The highest BCUT2D eigenvalue weighted by Crippen LogP contribution is 2.44. The smallest absolute Gasteiger partial charge is 0.407 e. The number of carboxylic acids is 1. The molecule has 8 nitrogen and oxygen atoms in total. The molecule has 2 atom stereocenters. The highest BCUT2D eigenvalue weighted by molar-refractivity contribution is 5.86. The van der Waals surface area contributed by atoms with E-state index in [2.05, 4.69) is 17.4 Å². The number of carboxylic acid groups (broad SMARTS) is 1. The fourth-order valence-corrected chi connectivity index (χ4v) is 4.90. The van der Waals surface area contributed by atoms with Crippen LogP contribution in [0, 0.1) is 0 Å². The zero-order chi connectivity index (χ0) is 27.8. The van der Waals surface area contributed by atoms with Crippen molar-refractivity contribution in [3.8, 4) is 11.1 Å². The molecule has 8 heteroatoms. The number of carbonyl (C=O) groups is 3. The molecule has 0 bridgehead atoms. The molecule has 0 heterocycles. The normalized spacial score (nSPS) is 13.6. The topological polar surface area (TPSA) is 105 Å². The van der Waals surface area contributed by atoms with Crippen LogP contribution in [0.25, 0.3) is 11.1 Å². The van der Waals surface area contributed by atoms with Crippen LogP contribution in [0.15, 0.2) is 78.9 Å². The first-order valence-corrected chi connectivity index (χ1v) is 13.2. The lowest BCUT2D eigenvalue weighted by atomic mass is 9.98. The van der Waals surface area contributed by atoms with Crippen LogP contribution in [0.1, 0.15) is 42.9 Å². The van der Waals surface area contributed by atoms with Crippen molar-refractivity contribution in [3.63, 3.8) is 0 Å². The Morgan fingerprint density at radius 2 is 1.51 bits per heavy atom. The number of nitrogens with one attached hydrogen (secondary N) is 1. The second-order valence-corrected chi connectivity index (χ2v) is 9.51. The van der Waals surface area contributed by atoms with E-state index in [1.807, 2.05) is 66.7 Å². The van der Waals surface area contributed by atoms with Crippen molar-refractivity contribution < 1.29 is 29.0 Å².